The van der Waals surface area contributed by atoms with E-state index in [2.05, 4.69) is 15.3 Å². The van der Waals surface area contributed by atoms with Gasteiger partial charge in [0.15, 0.2) is 0 Å². The molecule has 1 aliphatic carbocycles. The normalized spacial score (nSPS) is 16.6. The minimum atomic E-state index is -0.391. The number of furan rings is 1. The molecule has 5 nitrogen and oxygen atoms in total. The number of anilines is 1. The van der Waals surface area contributed by atoms with Gasteiger partial charge in [-0.1, -0.05) is 25.3 Å². The van der Waals surface area contributed by atoms with Crippen molar-refractivity contribution in [1.82, 2.24) is 9.97 Å². The average molecular weight is 335 g/mol. The van der Waals surface area contributed by atoms with Crippen molar-refractivity contribution in [3.63, 3.8) is 0 Å². The molecule has 1 amide bonds. The van der Waals surface area contributed by atoms with E-state index >= 15 is 0 Å². The lowest BCUT2D eigenvalue weighted by atomic mass is 9.70. The first kappa shape index (κ1) is 15.8. The van der Waals surface area contributed by atoms with E-state index < -0.39 is 5.41 Å². The van der Waals surface area contributed by atoms with Crippen molar-refractivity contribution in [2.45, 2.75) is 38.5 Å². The molecule has 1 saturated carbocycles. The van der Waals surface area contributed by atoms with Gasteiger partial charge in [-0.15, -0.1) is 0 Å². The predicted molar refractivity (Wildman–Crippen MR) is 96.1 cm³/mol. The van der Waals surface area contributed by atoms with Crippen LogP contribution in [0.15, 0.2) is 53.4 Å². The van der Waals surface area contributed by atoms with Gasteiger partial charge in [-0.2, -0.15) is 0 Å². The van der Waals surface area contributed by atoms with Gasteiger partial charge < -0.3 is 9.73 Å². The minimum Gasteiger partial charge on any atom is -0.446 e. The van der Waals surface area contributed by atoms with Crippen LogP contribution in [-0.2, 0) is 11.2 Å². The molecule has 3 aromatic rings. The molecule has 0 radical (unpaired) electrons. The first-order valence-corrected chi connectivity index (χ1v) is 8.80. The van der Waals surface area contributed by atoms with E-state index in [1.54, 1.807) is 18.7 Å². The van der Waals surface area contributed by atoms with Crippen LogP contribution in [0.1, 0.15) is 37.8 Å². The van der Waals surface area contributed by atoms with Crippen LogP contribution in [0.4, 0.5) is 5.69 Å². The van der Waals surface area contributed by atoms with Gasteiger partial charge in [-0.05, 0) is 37.1 Å². The molecule has 0 aromatic carbocycles. The number of hydrogen-bond acceptors (Lipinski definition) is 4. The lowest BCUT2D eigenvalue weighted by Gasteiger charge is -2.35. The van der Waals surface area contributed by atoms with Gasteiger partial charge in [0.1, 0.15) is 0 Å². The van der Waals surface area contributed by atoms with Crippen LogP contribution in [0.5, 0.6) is 0 Å². The number of carbonyl (C=O) groups is 1. The van der Waals surface area contributed by atoms with E-state index in [1.165, 1.54) is 6.42 Å². The van der Waals surface area contributed by atoms with Crippen LogP contribution in [-0.4, -0.2) is 15.9 Å². The summed E-state index contributed by atoms with van der Waals surface area (Å²) in [5.41, 5.74) is 1.88. The van der Waals surface area contributed by atoms with E-state index in [4.69, 9.17) is 4.42 Å². The number of rotatable bonds is 4. The lowest BCUT2D eigenvalue weighted by Crippen LogP contribution is -2.40. The highest BCUT2D eigenvalue weighted by atomic mass is 16.3. The van der Waals surface area contributed by atoms with Gasteiger partial charge in [-0.25, -0.2) is 4.98 Å². The summed E-state index contributed by atoms with van der Waals surface area (Å²) in [7, 11) is 0. The van der Waals surface area contributed by atoms with Gasteiger partial charge in [0.2, 0.25) is 11.6 Å². The van der Waals surface area contributed by atoms with Crippen molar-refractivity contribution < 1.29 is 9.21 Å². The van der Waals surface area contributed by atoms with Gasteiger partial charge >= 0.3 is 0 Å². The number of aromatic nitrogens is 2. The third-order valence-electron chi connectivity index (χ3n) is 5.10. The first-order chi connectivity index (χ1) is 12.3. The van der Waals surface area contributed by atoms with Crippen LogP contribution in [0.3, 0.4) is 0 Å². The van der Waals surface area contributed by atoms with Crippen LogP contribution < -0.4 is 5.32 Å². The maximum atomic E-state index is 13.2. The number of fused-ring (bicyclic) bond motifs is 1. The zero-order chi connectivity index (χ0) is 17.1. The SMILES string of the molecule is O=C(Nc1cnc2occc2c1)C1(Cc2ccccn2)CCCCC1. The number of nitrogens with zero attached hydrogens (tertiary/aromatic N) is 2. The molecule has 0 spiro atoms. The summed E-state index contributed by atoms with van der Waals surface area (Å²) in [6.45, 7) is 0. The quantitative estimate of drug-likeness (QED) is 0.769. The number of amides is 1. The summed E-state index contributed by atoms with van der Waals surface area (Å²) < 4.78 is 5.26. The largest absolute Gasteiger partial charge is 0.446 e. The Kier molecular flexibility index (Phi) is 4.22. The number of pyridine rings is 2. The van der Waals surface area contributed by atoms with Crippen molar-refractivity contribution in [2.75, 3.05) is 5.32 Å². The monoisotopic (exact) mass is 335 g/mol. The summed E-state index contributed by atoms with van der Waals surface area (Å²) in [6, 6.07) is 9.64. The third-order valence-corrected chi connectivity index (χ3v) is 5.10. The van der Waals surface area contributed by atoms with E-state index in [9.17, 15) is 4.79 Å². The highest BCUT2D eigenvalue weighted by molar-refractivity contribution is 5.96. The van der Waals surface area contributed by atoms with Gasteiger partial charge in [-0.3, -0.25) is 9.78 Å². The lowest BCUT2D eigenvalue weighted by molar-refractivity contribution is -0.127. The molecule has 128 valence electrons. The van der Waals surface area contributed by atoms with Crippen molar-refractivity contribution in [2.24, 2.45) is 5.41 Å². The van der Waals surface area contributed by atoms with Gasteiger partial charge in [0.25, 0.3) is 0 Å². The average Bonchev–Trinajstić information content (AvgIpc) is 3.11. The second kappa shape index (κ2) is 6.67. The number of hydrogen-bond donors (Lipinski definition) is 1. The van der Waals surface area contributed by atoms with E-state index in [0.29, 0.717) is 17.8 Å². The maximum absolute atomic E-state index is 13.2. The fourth-order valence-corrected chi connectivity index (χ4v) is 3.75. The fourth-order valence-electron chi connectivity index (χ4n) is 3.75. The second-order valence-electron chi connectivity index (χ2n) is 6.83. The third kappa shape index (κ3) is 3.27. The summed E-state index contributed by atoms with van der Waals surface area (Å²) in [6.07, 6.45) is 10.9. The zero-order valence-corrected chi connectivity index (χ0v) is 14.1. The van der Waals surface area contributed by atoms with Crippen molar-refractivity contribution in [3.05, 3.63) is 54.7 Å². The van der Waals surface area contributed by atoms with Crippen molar-refractivity contribution in [3.8, 4) is 0 Å². The van der Waals surface area contributed by atoms with E-state index in [0.717, 1.165) is 36.8 Å². The highest BCUT2D eigenvalue weighted by Crippen LogP contribution is 2.40. The highest BCUT2D eigenvalue weighted by Gasteiger charge is 2.40. The van der Waals surface area contributed by atoms with Crippen molar-refractivity contribution >= 4 is 22.7 Å². The Bertz CT molecular complexity index is 867. The van der Waals surface area contributed by atoms with Gasteiger partial charge in [0.05, 0.1) is 23.6 Å². The van der Waals surface area contributed by atoms with Crippen LogP contribution >= 0.6 is 0 Å². The first-order valence-electron chi connectivity index (χ1n) is 8.80. The Morgan fingerprint density at radius 3 is 2.84 bits per heavy atom. The summed E-state index contributed by atoms with van der Waals surface area (Å²) in [5.74, 6) is 0.0718. The minimum absolute atomic E-state index is 0.0718. The molecule has 1 aliphatic rings. The molecule has 4 rings (SSSR count). The van der Waals surface area contributed by atoms with Crippen molar-refractivity contribution in [1.29, 1.82) is 0 Å². The Balaban J connectivity index is 1.58. The summed E-state index contributed by atoms with van der Waals surface area (Å²) in [5, 5.41) is 3.97. The topological polar surface area (TPSA) is 68.0 Å². The molecule has 0 atom stereocenters. The Labute approximate surface area is 146 Å². The van der Waals surface area contributed by atoms with Crippen LogP contribution in [0, 0.1) is 5.41 Å². The van der Waals surface area contributed by atoms with Gasteiger partial charge in [0, 0.05) is 23.7 Å². The molecule has 0 aliphatic heterocycles. The molecule has 3 aromatic heterocycles. The summed E-state index contributed by atoms with van der Waals surface area (Å²) in [4.78, 5) is 21.9. The Morgan fingerprint density at radius 1 is 1.16 bits per heavy atom. The molecule has 1 fully saturated rings. The molecule has 0 saturated heterocycles. The molecule has 5 heteroatoms. The molecular weight excluding hydrogens is 314 g/mol. The summed E-state index contributed by atoms with van der Waals surface area (Å²) >= 11 is 0. The second-order valence-corrected chi connectivity index (χ2v) is 6.83. The zero-order valence-electron chi connectivity index (χ0n) is 14.1. The fraction of sp³-hybridized carbons (Fsp3) is 0.350. The smallest absolute Gasteiger partial charge is 0.231 e. The number of nitrogens with one attached hydrogen (secondary N) is 1. The molecule has 3 heterocycles. The molecular formula is C20H21N3O2. The standard InChI is InChI=1S/C20H21N3O2/c24-19(23-17-12-15-7-11-25-18(15)22-14-17)20(8-3-1-4-9-20)13-16-6-2-5-10-21-16/h2,5-7,10-12,14H,1,3-4,8-9,13H2,(H,23,24). The van der Waals surface area contributed by atoms with Crippen LogP contribution in [0.25, 0.3) is 11.1 Å². The van der Waals surface area contributed by atoms with E-state index in [1.807, 2.05) is 30.3 Å². The number of carbonyl (C=O) groups excluding carboxylic acids is 1. The molecule has 25 heavy (non-hydrogen) atoms. The molecule has 0 bridgehead atoms. The maximum Gasteiger partial charge on any atom is 0.231 e. The predicted octanol–water partition coefficient (Wildman–Crippen LogP) is 4.35. The Morgan fingerprint density at radius 2 is 2.04 bits per heavy atom. The molecule has 0 unspecified atom stereocenters. The molecule has 1 N–H and O–H groups in total. The van der Waals surface area contributed by atoms with E-state index in [-0.39, 0.29) is 5.91 Å². The van der Waals surface area contributed by atoms with Crippen LogP contribution in [0.2, 0.25) is 0 Å². The Hall–Kier alpha value is -2.69.